The molecule has 0 radical (unpaired) electrons. The zero-order valence-corrected chi connectivity index (χ0v) is 20.4. The quantitative estimate of drug-likeness (QED) is 0.212. The lowest BCUT2D eigenvalue weighted by molar-refractivity contribution is -0.132. The first-order chi connectivity index (χ1) is 16.9. The molecule has 1 fully saturated rings. The first-order valence-corrected chi connectivity index (χ1v) is 12.1. The molecule has 0 saturated carbocycles. The first kappa shape index (κ1) is 22.8. The van der Waals surface area contributed by atoms with Crippen molar-refractivity contribution in [3.63, 3.8) is 0 Å². The van der Waals surface area contributed by atoms with Gasteiger partial charge in [0.1, 0.15) is 11.5 Å². The van der Waals surface area contributed by atoms with E-state index >= 15 is 0 Å². The van der Waals surface area contributed by atoms with Gasteiger partial charge in [-0.2, -0.15) is 0 Å². The average molecular weight is 485 g/mol. The van der Waals surface area contributed by atoms with Gasteiger partial charge >= 0.3 is 5.91 Å². The number of aliphatic hydroxyl groups excluding tert-OH is 1. The number of carbonyl (C=O) groups is 2. The summed E-state index contributed by atoms with van der Waals surface area (Å²) in [6.45, 7) is 4.21. The van der Waals surface area contributed by atoms with E-state index in [1.165, 1.54) is 16.2 Å². The van der Waals surface area contributed by atoms with Gasteiger partial charge in [0, 0.05) is 5.56 Å². The molecule has 0 unspecified atom stereocenters. The Morgan fingerprint density at radius 1 is 1.03 bits per heavy atom. The molecular weight excluding hydrogens is 460 g/mol. The molecule has 2 heterocycles. The summed E-state index contributed by atoms with van der Waals surface area (Å²) in [5.41, 5.74) is 3.09. The number of hydrogen-bond donors (Lipinski definition) is 1. The fraction of sp³-hybridized carbons (Fsp3) is 0.179. The maximum absolute atomic E-state index is 13.4. The second-order valence-electron chi connectivity index (χ2n) is 8.69. The number of hydrogen-bond acceptors (Lipinski definition) is 6. The minimum absolute atomic E-state index is 0.0512. The Hall–Kier alpha value is -3.97. The molecule has 0 aliphatic carbocycles. The molecule has 3 aromatic carbocycles. The molecule has 1 N–H and O–H groups in total. The van der Waals surface area contributed by atoms with Gasteiger partial charge in [0.15, 0.2) is 5.13 Å². The van der Waals surface area contributed by atoms with Crippen LogP contribution >= 0.6 is 11.3 Å². The topological polar surface area (TPSA) is 79.7 Å². The molecule has 1 aromatic heterocycles. The van der Waals surface area contributed by atoms with E-state index in [1.807, 2.05) is 42.5 Å². The van der Waals surface area contributed by atoms with Gasteiger partial charge in [-0.3, -0.25) is 14.5 Å². The number of fused-ring (bicyclic) bond motifs is 1. The summed E-state index contributed by atoms with van der Waals surface area (Å²) >= 11 is 1.30. The number of nitrogens with zero attached hydrogens (tertiary/aromatic N) is 2. The first-order valence-electron chi connectivity index (χ1n) is 11.3. The number of aliphatic hydroxyl groups is 1. The molecule has 1 aliphatic heterocycles. The molecule has 176 valence electrons. The Kier molecular flexibility index (Phi) is 5.86. The molecule has 7 heteroatoms. The fourth-order valence-corrected chi connectivity index (χ4v) is 5.30. The highest BCUT2D eigenvalue weighted by atomic mass is 32.1. The van der Waals surface area contributed by atoms with E-state index in [0.29, 0.717) is 27.9 Å². The van der Waals surface area contributed by atoms with E-state index in [-0.39, 0.29) is 11.3 Å². The van der Waals surface area contributed by atoms with Gasteiger partial charge in [0.05, 0.1) is 28.9 Å². The Morgan fingerprint density at radius 2 is 1.74 bits per heavy atom. The number of ether oxygens (including phenoxy) is 1. The number of benzene rings is 3. The minimum atomic E-state index is -0.807. The second kappa shape index (κ2) is 9.00. The Bertz CT molecular complexity index is 1460. The molecule has 1 aliphatic rings. The number of anilines is 1. The van der Waals surface area contributed by atoms with Crippen LogP contribution in [0.1, 0.15) is 42.5 Å². The third kappa shape index (κ3) is 3.98. The lowest BCUT2D eigenvalue weighted by Crippen LogP contribution is -2.29. The molecule has 0 spiro atoms. The summed E-state index contributed by atoms with van der Waals surface area (Å²) in [4.78, 5) is 32.8. The lowest BCUT2D eigenvalue weighted by atomic mass is 9.93. The zero-order valence-electron chi connectivity index (χ0n) is 19.6. The predicted octanol–water partition coefficient (Wildman–Crippen LogP) is 6.05. The number of methoxy groups -OCH3 is 1. The van der Waals surface area contributed by atoms with Crippen molar-refractivity contribution in [1.29, 1.82) is 0 Å². The van der Waals surface area contributed by atoms with E-state index in [0.717, 1.165) is 15.8 Å². The van der Waals surface area contributed by atoms with Crippen LogP contribution in [-0.2, 0) is 9.59 Å². The normalized spacial score (nSPS) is 17.5. The second-order valence-corrected chi connectivity index (χ2v) is 9.70. The molecule has 4 aromatic rings. The zero-order chi connectivity index (χ0) is 24.7. The van der Waals surface area contributed by atoms with Gasteiger partial charge in [-0.25, -0.2) is 4.98 Å². The average Bonchev–Trinajstić information content (AvgIpc) is 3.41. The van der Waals surface area contributed by atoms with Crippen molar-refractivity contribution in [3.8, 4) is 5.75 Å². The third-order valence-corrected chi connectivity index (χ3v) is 7.22. The number of amides is 1. The highest BCUT2D eigenvalue weighted by molar-refractivity contribution is 7.22. The summed E-state index contributed by atoms with van der Waals surface area (Å²) in [5.74, 6) is -0.640. The maximum Gasteiger partial charge on any atom is 0.301 e. The molecule has 1 amide bonds. The number of thiazole rings is 1. The third-order valence-electron chi connectivity index (χ3n) is 6.20. The molecule has 35 heavy (non-hydrogen) atoms. The van der Waals surface area contributed by atoms with Crippen LogP contribution in [0.3, 0.4) is 0 Å². The van der Waals surface area contributed by atoms with Crippen molar-refractivity contribution < 1.29 is 19.4 Å². The van der Waals surface area contributed by atoms with Crippen LogP contribution in [0.5, 0.6) is 5.75 Å². The van der Waals surface area contributed by atoms with E-state index in [4.69, 9.17) is 4.74 Å². The smallest absolute Gasteiger partial charge is 0.301 e. The van der Waals surface area contributed by atoms with Crippen LogP contribution in [0, 0.1) is 0 Å². The summed E-state index contributed by atoms with van der Waals surface area (Å²) in [6.07, 6.45) is 0. The number of carbonyl (C=O) groups excluding carboxylic acids is 2. The lowest BCUT2D eigenvalue weighted by Gasteiger charge is -2.23. The van der Waals surface area contributed by atoms with Gasteiger partial charge < -0.3 is 9.84 Å². The molecule has 5 rings (SSSR count). The van der Waals surface area contributed by atoms with Crippen molar-refractivity contribution >= 4 is 44.1 Å². The monoisotopic (exact) mass is 484 g/mol. The Balaban J connectivity index is 1.70. The van der Waals surface area contributed by atoms with Crippen molar-refractivity contribution in [1.82, 2.24) is 4.98 Å². The maximum atomic E-state index is 13.4. The van der Waals surface area contributed by atoms with Gasteiger partial charge in [0.2, 0.25) is 0 Å². The predicted molar refractivity (Wildman–Crippen MR) is 138 cm³/mol. The molecule has 1 atom stereocenters. The van der Waals surface area contributed by atoms with Crippen molar-refractivity contribution in [3.05, 3.63) is 95.1 Å². The van der Waals surface area contributed by atoms with Gasteiger partial charge in [-0.15, -0.1) is 0 Å². The highest BCUT2D eigenvalue weighted by Gasteiger charge is 2.48. The summed E-state index contributed by atoms with van der Waals surface area (Å²) in [5, 5.41) is 11.6. The standard InChI is InChI=1S/C28H24N2O4S/c1-16(2)17-9-11-18(12-10-17)24-23(25(31)19-7-5-4-6-8-19)26(32)27(33)30(24)28-29-21-14-13-20(34-3)15-22(21)35-28/h4-16,24,31H,1-3H3/b25-23+/t24-/m0/s1. The van der Waals surface area contributed by atoms with Crippen LogP contribution in [0.4, 0.5) is 5.13 Å². The van der Waals surface area contributed by atoms with E-state index < -0.39 is 17.7 Å². The number of rotatable bonds is 5. The van der Waals surface area contributed by atoms with Crippen molar-refractivity contribution in [2.75, 3.05) is 12.0 Å². The molecule has 1 saturated heterocycles. The van der Waals surface area contributed by atoms with Gasteiger partial charge in [-0.1, -0.05) is 79.8 Å². The van der Waals surface area contributed by atoms with Gasteiger partial charge in [-0.05, 0) is 35.2 Å². The molecule has 0 bridgehead atoms. The number of Topliss-reactive ketones (excluding diaryl/α,β-unsaturated/α-hetero) is 1. The van der Waals surface area contributed by atoms with Crippen molar-refractivity contribution in [2.45, 2.75) is 25.8 Å². The Labute approximate surface area is 207 Å². The van der Waals surface area contributed by atoms with Crippen LogP contribution in [-0.4, -0.2) is 28.9 Å². The summed E-state index contributed by atoms with van der Waals surface area (Å²) < 4.78 is 6.15. The van der Waals surface area contributed by atoms with Crippen LogP contribution in [0.25, 0.3) is 16.0 Å². The minimum Gasteiger partial charge on any atom is -0.507 e. The Morgan fingerprint density at radius 3 is 2.40 bits per heavy atom. The summed E-state index contributed by atoms with van der Waals surface area (Å²) in [6, 6.07) is 21.3. The SMILES string of the molecule is COc1ccc2nc(N3C(=O)C(=O)/C(=C(/O)c4ccccc4)[C@@H]3c3ccc(C(C)C)cc3)sc2c1. The van der Waals surface area contributed by atoms with E-state index in [2.05, 4.69) is 18.8 Å². The largest absolute Gasteiger partial charge is 0.507 e. The molecular formula is C28H24N2O4S. The fourth-order valence-electron chi connectivity index (χ4n) is 4.28. The van der Waals surface area contributed by atoms with Crippen LogP contribution < -0.4 is 9.64 Å². The summed E-state index contributed by atoms with van der Waals surface area (Å²) in [7, 11) is 1.59. The van der Waals surface area contributed by atoms with Crippen molar-refractivity contribution in [2.24, 2.45) is 0 Å². The number of ketones is 1. The van der Waals surface area contributed by atoms with Crippen LogP contribution in [0.2, 0.25) is 0 Å². The number of aromatic nitrogens is 1. The van der Waals surface area contributed by atoms with E-state index in [1.54, 1.807) is 37.4 Å². The van der Waals surface area contributed by atoms with E-state index in [9.17, 15) is 14.7 Å². The van der Waals surface area contributed by atoms with Crippen LogP contribution in [0.15, 0.2) is 78.4 Å². The van der Waals surface area contributed by atoms with Gasteiger partial charge in [0.25, 0.3) is 5.78 Å². The highest BCUT2D eigenvalue weighted by Crippen LogP contribution is 2.44. The molecule has 6 nitrogen and oxygen atoms in total.